The smallest absolute Gasteiger partial charge is 0.223 e. The first kappa shape index (κ1) is 15.0. The summed E-state index contributed by atoms with van der Waals surface area (Å²) in [7, 11) is 0. The number of rotatable bonds is 4. The van der Waals surface area contributed by atoms with Gasteiger partial charge in [0, 0.05) is 31.6 Å². The molecule has 1 fully saturated rings. The van der Waals surface area contributed by atoms with E-state index in [9.17, 15) is 4.79 Å². The Morgan fingerprint density at radius 3 is 2.70 bits per heavy atom. The van der Waals surface area contributed by atoms with E-state index in [1.54, 1.807) is 0 Å². The van der Waals surface area contributed by atoms with Crippen molar-refractivity contribution in [3.05, 3.63) is 35.9 Å². The lowest BCUT2D eigenvalue weighted by molar-refractivity contribution is -0.135. The SMILES string of the molecule is CC(C)CC(=O)N1CC(C)NCC1Cc1ccccc1. The van der Waals surface area contributed by atoms with Crippen LogP contribution in [0.1, 0.15) is 32.8 Å². The van der Waals surface area contributed by atoms with E-state index in [2.05, 4.69) is 55.3 Å². The summed E-state index contributed by atoms with van der Waals surface area (Å²) in [6, 6.07) is 11.1. The quantitative estimate of drug-likeness (QED) is 0.915. The maximum absolute atomic E-state index is 12.5. The van der Waals surface area contributed by atoms with E-state index in [0.29, 0.717) is 24.3 Å². The topological polar surface area (TPSA) is 32.3 Å². The molecule has 1 saturated heterocycles. The summed E-state index contributed by atoms with van der Waals surface area (Å²) in [4.78, 5) is 14.5. The fourth-order valence-corrected chi connectivity index (χ4v) is 2.80. The third kappa shape index (κ3) is 4.07. The fraction of sp³-hybridized carbons (Fsp3) is 0.588. The molecule has 0 saturated carbocycles. The molecule has 1 amide bonds. The Balaban J connectivity index is 2.06. The minimum Gasteiger partial charge on any atom is -0.337 e. The molecular weight excluding hydrogens is 248 g/mol. The Morgan fingerprint density at radius 1 is 1.35 bits per heavy atom. The highest BCUT2D eigenvalue weighted by Gasteiger charge is 2.29. The third-order valence-corrected chi connectivity index (χ3v) is 3.83. The second kappa shape index (κ2) is 6.89. The van der Waals surface area contributed by atoms with Crippen LogP contribution in [0.15, 0.2) is 30.3 Å². The van der Waals surface area contributed by atoms with Gasteiger partial charge in [0.2, 0.25) is 5.91 Å². The van der Waals surface area contributed by atoms with E-state index < -0.39 is 0 Å². The average Bonchev–Trinajstić information content (AvgIpc) is 2.41. The highest BCUT2D eigenvalue weighted by molar-refractivity contribution is 5.77. The van der Waals surface area contributed by atoms with Gasteiger partial charge in [-0.2, -0.15) is 0 Å². The second-order valence-corrected chi connectivity index (χ2v) is 6.30. The van der Waals surface area contributed by atoms with Crippen LogP contribution in [0.25, 0.3) is 0 Å². The zero-order valence-electron chi connectivity index (χ0n) is 12.8. The van der Waals surface area contributed by atoms with Gasteiger partial charge in [-0.05, 0) is 24.8 Å². The first-order valence-corrected chi connectivity index (χ1v) is 7.63. The number of hydrogen-bond donors (Lipinski definition) is 1. The van der Waals surface area contributed by atoms with Crippen LogP contribution >= 0.6 is 0 Å². The van der Waals surface area contributed by atoms with Crippen molar-refractivity contribution in [3.8, 4) is 0 Å². The zero-order chi connectivity index (χ0) is 14.5. The van der Waals surface area contributed by atoms with E-state index in [-0.39, 0.29) is 6.04 Å². The van der Waals surface area contributed by atoms with Crippen molar-refractivity contribution >= 4 is 5.91 Å². The van der Waals surface area contributed by atoms with E-state index in [4.69, 9.17) is 0 Å². The number of carbonyl (C=O) groups excluding carboxylic acids is 1. The first-order chi connectivity index (χ1) is 9.56. The van der Waals surface area contributed by atoms with E-state index in [0.717, 1.165) is 19.5 Å². The summed E-state index contributed by atoms with van der Waals surface area (Å²) in [6.45, 7) is 8.07. The maximum atomic E-state index is 12.5. The second-order valence-electron chi connectivity index (χ2n) is 6.30. The summed E-state index contributed by atoms with van der Waals surface area (Å²) in [6.07, 6.45) is 1.59. The number of amides is 1. The molecule has 0 bridgehead atoms. The largest absolute Gasteiger partial charge is 0.337 e. The lowest BCUT2D eigenvalue weighted by Gasteiger charge is -2.40. The lowest BCUT2D eigenvalue weighted by Crippen LogP contribution is -2.58. The van der Waals surface area contributed by atoms with Crippen molar-refractivity contribution in [2.24, 2.45) is 5.92 Å². The number of carbonyl (C=O) groups is 1. The van der Waals surface area contributed by atoms with Crippen LogP contribution < -0.4 is 5.32 Å². The molecule has 0 aromatic heterocycles. The van der Waals surface area contributed by atoms with Crippen molar-refractivity contribution in [1.29, 1.82) is 0 Å². The first-order valence-electron chi connectivity index (χ1n) is 7.63. The normalized spacial score (nSPS) is 23.1. The van der Waals surface area contributed by atoms with Crippen molar-refractivity contribution < 1.29 is 4.79 Å². The van der Waals surface area contributed by atoms with Gasteiger partial charge in [0.05, 0.1) is 0 Å². The molecule has 2 unspecified atom stereocenters. The summed E-state index contributed by atoms with van der Waals surface area (Å²) in [5.41, 5.74) is 1.30. The van der Waals surface area contributed by atoms with E-state index in [1.807, 2.05) is 6.07 Å². The Morgan fingerprint density at radius 2 is 2.05 bits per heavy atom. The van der Waals surface area contributed by atoms with Gasteiger partial charge in [-0.15, -0.1) is 0 Å². The van der Waals surface area contributed by atoms with Gasteiger partial charge in [0.25, 0.3) is 0 Å². The van der Waals surface area contributed by atoms with Gasteiger partial charge >= 0.3 is 0 Å². The lowest BCUT2D eigenvalue weighted by atomic mass is 9.99. The number of nitrogens with one attached hydrogen (secondary N) is 1. The van der Waals surface area contributed by atoms with Crippen LogP contribution in [-0.2, 0) is 11.2 Å². The molecule has 0 spiro atoms. The minimum atomic E-state index is 0.278. The Bertz CT molecular complexity index is 430. The fourth-order valence-electron chi connectivity index (χ4n) is 2.80. The summed E-state index contributed by atoms with van der Waals surface area (Å²) in [5, 5.41) is 3.50. The van der Waals surface area contributed by atoms with Gasteiger partial charge in [-0.3, -0.25) is 4.79 Å². The minimum absolute atomic E-state index is 0.278. The van der Waals surface area contributed by atoms with Gasteiger partial charge in [-0.1, -0.05) is 44.2 Å². The van der Waals surface area contributed by atoms with Gasteiger partial charge < -0.3 is 10.2 Å². The Labute approximate surface area is 122 Å². The van der Waals surface area contributed by atoms with Gasteiger partial charge in [-0.25, -0.2) is 0 Å². The van der Waals surface area contributed by atoms with Crippen LogP contribution in [0.3, 0.4) is 0 Å². The molecule has 1 N–H and O–H groups in total. The number of piperazine rings is 1. The zero-order valence-corrected chi connectivity index (χ0v) is 12.8. The van der Waals surface area contributed by atoms with Crippen molar-refractivity contribution in [2.45, 2.75) is 45.7 Å². The van der Waals surface area contributed by atoms with E-state index >= 15 is 0 Å². The molecule has 20 heavy (non-hydrogen) atoms. The average molecular weight is 274 g/mol. The standard InChI is InChI=1S/C17H26N2O/c1-13(2)9-17(20)19-12-14(3)18-11-16(19)10-15-7-5-4-6-8-15/h4-8,13-14,16,18H,9-12H2,1-3H3. The molecule has 3 nitrogen and oxygen atoms in total. The summed E-state index contributed by atoms with van der Waals surface area (Å²) in [5.74, 6) is 0.722. The summed E-state index contributed by atoms with van der Waals surface area (Å²) >= 11 is 0. The van der Waals surface area contributed by atoms with Crippen LogP contribution in [0, 0.1) is 5.92 Å². The third-order valence-electron chi connectivity index (χ3n) is 3.83. The van der Waals surface area contributed by atoms with Gasteiger partial charge in [0.15, 0.2) is 0 Å². The molecule has 1 aromatic carbocycles. The predicted octanol–water partition coefficient (Wildman–Crippen LogP) is 2.46. The number of benzene rings is 1. The van der Waals surface area contributed by atoms with Crippen LogP contribution in [0.4, 0.5) is 0 Å². The van der Waals surface area contributed by atoms with Crippen LogP contribution in [0.2, 0.25) is 0 Å². The molecule has 110 valence electrons. The molecule has 1 aliphatic heterocycles. The van der Waals surface area contributed by atoms with Crippen molar-refractivity contribution in [3.63, 3.8) is 0 Å². The highest BCUT2D eigenvalue weighted by atomic mass is 16.2. The highest BCUT2D eigenvalue weighted by Crippen LogP contribution is 2.16. The van der Waals surface area contributed by atoms with E-state index in [1.165, 1.54) is 5.56 Å². The Kier molecular flexibility index (Phi) is 5.18. The molecule has 3 heteroatoms. The summed E-state index contributed by atoms with van der Waals surface area (Å²) < 4.78 is 0. The molecule has 0 radical (unpaired) electrons. The van der Waals surface area contributed by atoms with Crippen molar-refractivity contribution in [2.75, 3.05) is 13.1 Å². The van der Waals surface area contributed by atoms with Crippen molar-refractivity contribution in [1.82, 2.24) is 10.2 Å². The maximum Gasteiger partial charge on any atom is 0.223 e. The molecule has 2 rings (SSSR count). The molecule has 0 aliphatic carbocycles. The van der Waals surface area contributed by atoms with Gasteiger partial charge in [0.1, 0.15) is 0 Å². The molecule has 1 heterocycles. The molecule has 1 aromatic rings. The predicted molar refractivity (Wildman–Crippen MR) is 82.6 cm³/mol. The molecular formula is C17H26N2O. The molecule has 2 atom stereocenters. The number of hydrogen-bond acceptors (Lipinski definition) is 2. The van der Waals surface area contributed by atoms with Crippen LogP contribution in [-0.4, -0.2) is 36.0 Å². The monoisotopic (exact) mass is 274 g/mol. The van der Waals surface area contributed by atoms with Crippen LogP contribution in [0.5, 0.6) is 0 Å². The number of nitrogens with zero attached hydrogens (tertiary/aromatic N) is 1. The Hall–Kier alpha value is -1.35. The molecule has 1 aliphatic rings.